The second kappa shape index (κ2) is 7.91. The number of benzene rings is 2. The predicted octanol–water partition coefficient (Wildman–Crippen LogP) is 3.79. The minimum absolute atomic E-state index is 0.0188. The van der Waals surface area contributed by atoms with Gasteiger partial charge in [-0.15, -0.1) is 0 Å². The Morgan fingerprint density at radius 2 is 1.79 bits per heavy atom. The van der Waals surface area contributed by atoms with E-state index >= 15 is 0 Å². The molecular formula is C23H24N2O4. The maximum atomic E-state index is 12.8. The molecule has 0 spiro atoms. The second-order valence-electron chi connectivity index (χ2n) is 6.93. The number of nitrogens with one attached hydrogen (secondary N) is 1. The van der Waals surface area contributed by atoms with Crippen molar-refractivity contribution in [3.05, 3.63) is 59.3 Å². The number of hydrogen-bond acceptors (Lipinski definition) is 4. The van der Waals surface area contributed by atoms with Crippen molar-refractivity contribution in [1.29, 1.82) is 0 Å². The number of aromatic nitrogens is 1. The molecule has 0 bridgehead atoms. The molecule has 0 radical (unpaired) electrons. The van der Waals surface area contributed by atoms with Crippen molar-refractivity contribution in [3.8, 4) is 17.2 Å². The number of ether oxygens (including phenoxy) is 3. The van der Waals surface area contributed by atoms with E-state index in [2.05, 4.69) is 17.1 Å². The van der Waals surface area contributed by atoms with E-state index in [0.717, 1.165) is 17.5 Å². The number of rotatable bonds is 5. The van der Waals surface area contributed by atoms with Crippen LogP contribution in [-0.2, 0) is 17.8 Å². The molecule has 1 amide bonds. The van der Waals surface area contributed by atoms with Gasteiger partial charge in [-0.1, -0.05) is 18.2 Å². The standard InChI is InChI=1S/C23H24N2O4/c1-27-20-12-15(13-21(28-2)23(20)29-3)8-9-22(26)25-11-10-19-17(14-25)16-6-4-5-7-18(16)24-19/h4-9,12-13,24H,10-11,14H2,1-3H3/b9-8+. The van der Waals surface area contributed by atoms with Crippen LogP contribution in [0.3, 0.4) is 0 Å². The summed E-state index contributed by atoms with van der Waals surface area (Å²) in [6.07, 6.45) is 4.20. The van der Waals surface area contributed by atoms with E-state index in [0.29, 0.717) is 30.3 Å². The summed E-state index contributed by atoms with van der Waals surface area (Å²) in [5.74, 6) is 1.62. The van der Waals surface area contributed by atoms with E-state index in [9.17, 15) is 4.79 Å². The number of carbonyl (C=O) groups excluding carboxylic acids is 1. The van der Waals surface area contributed by atoms with E-state index in [1.165, 1.54) is 16.6 Å². The first kappa shape index (κ1) is 18.9. The Kier molecular flexibility index (Phi) is 5.16. The molecule has 0 unspecified atom stereocenters. The zero-order chi connectivity index (χ0) is 20.4. The second-order valence-corrected chi connectivity index (χ2v) is 6.93. The fourth-order valence-electron chi connectivity index (χ4n) is 3.83. The summed E-state index contributed by atoms with van der Waals surface area (Å²) in [7, 11) is 4.71. The number of fused-ring (bicyclic) bond motifs is 3. The van der Waals surface area contributed by atoms with Crippen LogP contribution in [-0.4, -0.2) is 43.7 Å². The minimum Gasteiger partial charge on any atom is -0.493 e. The number of hydrogen-bond donors (Lipinski definition) is 1. The smallest absolute Gasteiger partial charge is 0.246 e. The molecule has 0 atom stereocenters. The molecule has 0 fully saturated rings. The van der Waals surface area contributed by atoms with Gasteiger partial charge in [-0.05, 0) is 29.8 Å². The molecule has 2 heterocycles. The fraction of sp³-hybridized carbons (Fsp3) is 0.261. The lowest BCUT2D eigenvalue weighted by Crippen LogP contribution is -2.34. The molecule has 0 aliphatic carbocycles. The normalized spacial score (nSPS) is 13.6. The van der Waals surface area contributed by atoms with Crippen LogP contribution in [0.25, 0.3) is 17.0 Å². The van der Waals surface area contributed by atoms with Crippen LogP contribution in [0.15, 0.2) is 42.5 Å². The summed E-state index contributed by atoms with van der Waals surface area (Å²) in [5, 5.41) is 1.19. The predicted molar refractivity (Wildman–Crippen MR) is 113 cm³/mol. The Hall–Kier alpha value is -3.41. The average molecular weight is 392 g/mol. The van der Waals surface area contributed by atoms with Crippen molar-refractivity contribution >= 4 is 22.9 Å². The lowest BCUT2D eigenvalue weighted by molar-refractivity contribution is -0.126. The summed E-state index contributed by atoms with van der Waals surface area (Å²) >= 11 is 0. The Morgan fingerprint density at radius 1 is 1.07 bits per heavy atom. The summed E-state index contributed by atoms with van der Waals surface area (Å²) in [6, 6.07) is 11.9. The highest BCUT2D eigenvalue weighted by atomic mass is 16.5. The van der Waals surface area contributed by atoms with E-state index in [1.54, 1.807) is 33.5 Å². The molecule has 1 aromatic heterocycles. The maximum absolute atomic E-state index is 12.8. The highest BCUT2D eigenvalue weighted by Gasteiger charge is 2.22. The van der Waals surface area contributed by atoms with Gasteiger partial charge in [0, 0.05) is 47.7 Å². The third kappa shape index (κ3) is 3.53. The highest BCUT2D eigenvalue weighted by molar-refractivity contribution is 5.93. The minimum atomic E-state index is -0.0188. The summed E-state index contributed by atoms with van der Waals surface area (Å²) in [6.45, 7) is 1.30. The van der Waals surface area contributed by atoms with Crippen molar-refractivity contribution in [2.45, 2.75) is 13.0 Å². The SMILES string of the molecule is COc1cc(/C=C/C(=O)N2CCc3[nH]c4ccccc4c3C2)cc(OC)c1OC. The van der Waals surface area contributed by atoms with Gasteiger partial charge in [0.25, 0.3) is 0 Å². The van der Waals surface area contributed by atoms with Gasteiger partial charge in [0.05, 0.1) is 21.3 Å². The van der Waals surface area contributed by atoms with Crippen molar-refractivity contribution < 1.29 is 19.0 Å². The van der Waals surface area contributed by atoms with Gasteiger partial charge in [-0.3, -0.25) is 4.79 Å². The van der Waals surface area contributed by atoms with Crippen LogP contribution in [0.4, 0.5) is 0 Å². The monoisotopic (exact) mass is 392 g/mol. The Bertz CT molecular complexity index is 1060. The lowest BCUT2D eigenvalue weighted by atomic mass is 10.0. The zero-order valence-corrected chi connectivity index (χ0v) is 16.8. The molecule has 3 aromatic rings. The first-order valence-electron chi connectivity index (χ1n) is 9.50. The quantitative estimate of drug-likeness (QED) is 0.671. The van der Waals surface area contributed by atoms with Crippen molar-refractivity contribution in [1.82, 2.24) is 9.88 Å². The fourth-order valence-corrected chi connectivity index (χ4v) is 3.83. The van der Waals surface area contributed by atoms with Crippen LogP contribution in [0.5, 0.6) is 17.2 Å². The maximum Gasteiger partial charge on any atom is 0.246 e. The molecule has 0 saturated heterocycles. The largest absolute Gasteiger partial charge is 0.493 e. The van der Waals surface area contributed by atoms with Gasteiger partial charge < -0.3 is 24.1 Å². The molecule has 1 N–H and O–H groups in total. The van der Waals surface area contributed by atoms with Gasteiger partial charge >= 0.3 is 0 Å². The molecule has 2 aromatic carbocycles. The van der Waals surface area contributed by atoms with E-state index in [1.807, 2.05) is 29.2 Å². The van der Waals surface area contributed by atoms with Crippen molar-refractivity contribution in [2.24, 2.45) is 0 Å². The van der Waals surface area contributed by atoms with Gasteiger partial charge in [0.2, 0.25) is 11.7 Å². The van der Waals surface area contributed by atoms with Gasteiger partial charge in [0.1, 0.15) is 0 Å². The van der Waals surface area contributed by atoms with Crippen LogP contribution < -0.4 is 14.2 Å². The number of methoxy groups -OCH3 is 3. The highest BCUT2D eigenvalue weighted by Crippen LogP contribution is 2.38. The molecular weight excluding hydrogens is 368 g/mol. The van der Waals surface area contributed by atoms with Gasteiger partial charge in [-0.2, -0.15) is 0 Å². The van der Waals surface area contributed by atoms with Gasteiger partial charge in [-0.25, -0.2) is 0 Å². The van der Waals surface area contributed by atoms with Crippen molar-refractivity contribution in [3.63, 3.8) is 0 Å². The van der Waals surface area contributed by atoms with E-state index in [-0.39, 0.29) is 5.91 Å². The first-order valence-corrected chi connectivity index (χ1v) is 9.50. The van der Waals surface area contributed by atoms with Crippen LogP contribution in [0.2, 0.25) is 0 Å². The molecule has 6 heteroatoms. The number of H-pyrrole nitrogens is 1. The van der Waals surface area contributed by atoms with E-state index < -0.39 is 0 Å². The molecule has 1 aliphatic heterocycles. The molecule has 0 saturated carbocycles. The number of aromatic amines is 1. The molecule has 150 valence electrons. The third-order valence-corrected chi connectivity index (χ3v) is 5.30. The third-order valence-electron chi connectivity index (χ3n) is 5.30. The van der Waals surface area contributed by atoms with Crippen molar-refractivity contribution in [2.75, 3.05) is 27.9 Å². The Morgan fingerprint density at radius 3 is 2.48 bits per heavy atom. The number of para-hydroxylation sites is 1. The molecule has 29 heavy (non-hydrogen) atoms. The van der Waals surface area contributed by atoms with Gasteiger partial charge in [0.15, 0.2) is 11.5 Å². The van der Waals surface area contributed by atoms with Crippen LogP contribution >= 0.6 is 0 Å². The lowest BCUT2D eigenvalue weighted by Gasteiger charge is -2.26. The zero-order valence-electron chi connectivity index (χ0n) is 16.8. The number of carbonyl (C=O) groups is 1. The van der Waals surface area contributed by atoms with Crippen LogP contribution in [0, 0.1) is 0 Å². The topological polar surface area (TPSA) is 63.8 Å². The molecule has 4 rings (SSSR count). The molecule has 6 nitrogen and oxygen atoms in total. The summed E-state index contributed by atoms with van der Waals surface area (Å²) in [4.78, 5) is 18.2. The molecule has 1 aliphatic rings. The summed E-state index contributed by atoms with van der Waals surface area (Å²) in [5.41, 5.74) is 4.36. The van der Waals surface area contributed by atoms with Crippen LogP contribution in [0.1, 0.15) is 16.8 Å². The Balaban J connectivity index is 1.55. The Labute approximate surface area is 169 Å². The average Bonchev–Trinajstić information content (AvgIpc) is 3.14. The number of amides is 1. The van der Waals surface area contributed by atoms with E-state index in [4.69, 9.17) is 14.2 Å². The number of nitrogens with zero attached hydrogens (tertiary/aromatic N) is 1. The first-order chi connectivity index (χ1) is 14.1. The summed E-state index contributed by atoms with van der Waals surface area (Å²) < 4.78 is 16.1.